The molecule has 2 rings (SSSR count). The molecule has 0 aromatic heterocycles. The Bertz CT molecular complexity index is 602. The minimum atomic E-state index is -0.655. The van der Waals surface area contributed by atoms with Gasteiger partial charge in [-0.2, -0.15) is 0 Å². The zero-order valence-corrected chi connectivity index (χ0v) is 12.0. The van der Waals surface area contributed by atoms with Gasteiger partial charge in [-0.05, 0) is 19.4 Å². The molecule has 0 saturated carbocycles. The number of hydroxylamine groups is 1. The van der Waals surface area contributed by atoms with Gasteiger partial charge in [0.25, 0.3) is 0 Å². The standard InChI is InChI=1S/C16H17NO4/c1-3-20-17-13(10-12-7-5-4-6-8-12)15-14(18)9-11(2)21-16(15)19/h4-9,17H,3,10H2,1-2H3. The van der Waals surface area contributed by atoms with Crippen LogP contribution >= 0.6 is 0 Å². The Morgan fingerprint density at radius 3 is 2.57 bits per heavy atom. The van der Waals surface area contributed by atoms with Crippen LogP contribution in [-0.2, 0) is 25.6 Å². The molecule has 1 aromatic rings. The molecule has 5 heteroatoms. The average Bonchev–Trinajstić information content (AvgIpc) is 2.44. The molecule has 5 nitrogen and oxygen atoms in total. The van der Waals surface area contributed by atoms with Crippen LogP contribution in [0.25, 0.3) is 0 Å². The lowest BCUT2D eigenvalue weighted by Crippen LogP contribution is -2.27. The van der Waals surface area contributed by atoms with E-state index in [1.54, 1.807) is 6.92 Å². The van der Waals surface area contributed by atoms with Crippen molar-refractivity contribution in [1.82, 2.24) is 5.48 Å². The van der Waals surface area contributed by atoms with E-state index >= 15 is 0 Å². The molecule has 0 spiro atoms. The van der Waals surface area contributed by atoms with Crippen LogP contribution in [-0.4, -0.2) is 18.4 Å². The van der Waals surface area contributed by atoms with Crippen LogP contribution in [0.3, 0.4) is 0 Å². The molecule has 0 amide bonds. The third-order valence-corrected chi connectivity index (χ3v) is 2.90. The normalized spacial score (nSPS) is 17.1. The lowest BCUT2D eigenvalue weighted by atomic mass is 10.0. The smallest absolute Gasteiger partial charge is 0.349 e. The molecule has 0 unspecified atom stereocenters. The summed E-state index contributed by atoms with van der Waals surface area (Å²) in [6.07, 6.45) is 1.68. The first-order valence-corrected chi connectivity index (χ1v) is 6.71. The third kappa shape index (κ3) is 3.79. The highest BCUT2D eigenvalue weighted by atomic mass is 16.6. The van der Waals surface area contributed by atoms with Crippen molar-refractivity contribution in [2.75, 3.05) is 6.61 Å². The molecule has 0 aliphatic carbocycles. The first-order valence-electron chi connectivity index (χ1n) is 6.71. The molecule has 1 heterocycles. The van der Waals surface area contributed by atoms with Gasteiger partial charge in [-0.25, -0.2) is 4.79 Å². The summed E-state index contributed by atoms with van der Waals surface area (Å²) in [5.74, 6) is -0.732. The molecule has 0 bridgehead atoms. The van der Waals surface area contributed by atoms with Gasteiger partial charge in [-0.1, -0.05) is 30.3 Å². The van der Waals surface area contributed by atoms with Gasteiger partial charge in [0.2, 0.25) is 0 Å². The maximum atomic E-state index is 12.1. The summed E-state index contributed by atoms with van der Waals surface area (Å²) in [6.45, 7) is 3.78. The van der Waals surface area contributed by atoms with Crippen molar-refractivity contribution in [2.24, 2.45) is 0 Å². The van der Waals surface area contributed by atoms with Crippen molar-refractivity contribution >= 4 is 11.8 Å². The molecular formula is C16H17NO4. The number of carbonyl (C=O) groups excluding carboxylic acids is 2. The largest absolute Gasteiger partial charge is 0.427 e. The minimum absolute atomic E-state index is 0.0158. The molecule has 1 N–H and O–H groups in total. The van der Waals surface area contributed by atoms with Crippen LogP contribution in [0.15, 0.2) is 53.4 Å². The first-order chi connectivity index (χ1) is 10.1. The summed E-state index contributed by atoms with van der Waals surface area (Å²) >= 11 is 0. The Morgan fingerprint density at radius 2 is 1.95 bits per heavy atom. The lowest BCUT2D eigenvalue weighted by molar-refractivity contribution is -0.137. The summed E-state index contributed by atoms with van der Waals surface area (Å²) in [5, 5.41) is 0. The van der Waals surface area contributed by atoms with Crippen molar-refractivity contribution in [3.05, 3.63) is 59.0 Å². The molecule has 1 aliphatic heterocycles. The number of ketones is 1. The van der Waals surface area contributed by atoms with Crippen molar-refractivity contribution in [2.45, 2.75) is 20.3 Å². The fourth-order valence-corrected chi connectivity index (χ4v) is 1.99. The fourth-order valence-electron chi connectivity index (χ4n) is 1.99. The summed E-state index contributed by atoms with van der Waals surface area (Å²) < 4.78 is 5.02. The number of carbonyl (C=O) groups is 2. The number of nitrogens with one attached hydrogen (secondary N) is 1. The highest BCUT2D eigenvalue weighted by Crippen LogP contribution is 2.19. The Balaban J connectivity index is 2.36. The average molecular weight is 287 g/mol. The van der Waals surface area contributed by atoms with E-state index in [9.17, 15) is 9.59 Å². The topological polar surface area (TPSA) is 64.6 Å². The number of allylic oxidation sites excluding steroid dienone is 3. The van der Waals surface area contributed by atoms with Gasteiger partial charge < -0.3 is 4.74 Å². The summed E-state index contributed by atoms with van der Waals surface area (Å²) in [7, 11) is 0. The Morgan fingerprint density at radius 1 is 1.24 bits per heavy atom. The molecule has 110 valence electrons. The first kappa shape index (κ1) is 15.0. The number of hydrogen-bond acceptors (Lipinski definition) is 5. The van der Waals surface area contributed by atoms with E-state index in [4.69, 9.17) is 9.57 Å². The quantitative estimate of drug-likeness (QED) is 0.388. The SMILES string of the molecule is CCONC(Cc1ccccc1)=C1C(=O)C=C(C)OC1=O. The maximum absolute atomic E-state index is 12.1. The molecule has 1 aliphatic rings. The maximum Gasteiger partial charge on any atom is 0.349 e. The number of rotatable bonds is 5. The summed E-state index contributed by atoms with van der Waals surface area (Å²) in [6, 6.07) is 9.51. The highest BCUT2D eigenvalue weighted by Gasteiger charge is 2.28. The number of ether oxygens (including phenoxy) is 1. The van der Waals surface area contributed by atoms with Gasteiger partial charge in [-0.3, -0.25) is 15.1 Å². The summed E-state index contributed by atoms with van der Waals surface area (Å²) in [5.41, 5.74) is 4.04. The van der Waals surface area contributed by atoms with Crippen molar-refractivity contribution in [1.29, 1.82) is 0 Å². The van der Waals surface area contributed by atoms with E-state index in [0.29, 0.717) is 24.5 Å². The second-order valence-corrected chi connectivity index (χ2v) is 4.56. The number of cyclic esters (lactones) is 1. The number of benzene rings is 1. The van der Waals surface area contributed by atoms with Gasteiger partial charge in [0.15, 0.2) is 5.78 Å². The van der Waals surface area contributed by atoms with E-state index in [0.717, 1.165) is 5.56 Å². The molecular weight excluding hydrogens is 270 g/mol. The van der Waals surface area contributed by atoms with Crippen LogP contribution < -0.4 is 5.48 Å². The van der Waals surface area contributed by atoms with E-state index in [1.807, 2.05) is 37.3 Å². The Labute approximate surface area is 123 Å². The van der Waals surface area contributed by atoms with Crippen LogP contribution in [0, 0.1) is 0 Å². The Kier molecular flexibility index (Phi) is 4.90. The van der Waals surface area contributed by atoms with Gasteiger partial charge in [-0.15, -0.1) is 0 Å². The Hall–Kier alpha value is -2.40. The molecule has 1 aromatic carbocycles. The zero-order valence-electron chi connectivity index (χ0n) is 12.0. The molecule has 0 radical (unpaired) electrons. The van der Waals surface area contributed by atoms with Gasteiger partial charge >= 0.3 is 5.97 Å². The molecule has 0 atom stereocenters. The fraction of sp³-hybridized carbons (Fsp3) is 0.250. The van der Waals surface area contributed by atoms with Gasteiger partial charge in [0.1, 0.15) is 11.3 Å². The van der Waals surface area contributed by atoms with Crippen LogP contribution in [0.5, 0.6) is 0 Å². The van der Waals surface area contributed by atoms with Crippen molar-refractivity contribution in [3.63, 3.8) is 0 Å². The van der Waals surface area contributed by atoms with E-state index < -0.39 is 5.97 Å². The van der Waals surface area contributed by atoms with Crippen molar-refractivity contribution in [3.8, 4) is 0 Å². The van der Waals surface area contributed by atoms with E-state index in [-0.39, 0.29) is 11.4 Å². The van der Waals surface area contributed by atoms with Crippen molar-refractivity contribution < 1.29 is 19.2 Å². The molecule has 0 saturated heterocycles. The lowest BCUT2D eigenvalue weighted by Gasteiger charge is -2.17. The number of esters is 1. The second kappa shape index (κ2) is 6.85. The third-order valence-electron chi connectivity index (χ3n) is 2.90. The monoisotopic (exact) mass is 287 g/mol. The van der Waals surface area contributed by atoms with Gasteiger partial charge in [0, 0.05) is 12.5 Å². The molecule has 0 fully saturated rings. The van der Waals surface area contributed by atoms with Crippen LogP contribution in [0.2, 0.25) is 0 Å². The zero-order chi connectivity index (χ0) is 15.2. The number of hydrogen-bond donors (Lipinski definition) is 1. The highest BCUT2D eigenvalue weighted by molar-refractivity contribution is 6.24. The molecule has 21 heavy (non-hydrogen) atoms. The summed E-state index contributed by atoms with van der Waals surface area (Å²) in [4.78, 5) is 29.2. The van der Waals surface area contributed by atoms with Crippen LogP contribution in [0.1, 0.15) is 19.4 Å². The minimum Gasteiger partial charge on any atom is -0.427 e. The van der Waals surface area contributed by atoms with Crippen LogP contribution in [0.4, 0.5) is 0 Å². The second-order valence-electron chi connectivity index (χ2n) is 4.56. The van der Waals surface area contributed by atoms with E-state index in [1.165, 1.54) is 6.08 Å². The predicted molar refractivity (Wildman–Crippen MR) is 76.8 cm³/mol. The van der Waals surface area contributed by atoms with Gasteiger partial charge in [0.05, 0.1) is 12.3 Å². The van der Waals surface area contributed by atoms with E-state index in [2.05, 4.69) is 5.48 Å². The predicted octanol–water partition coefficient (Wildman–Crippen LogP) is 2.05.